The summed E-state index contributed by atoms with van der Waals surface area (Å²) in [5.41, 5.74) is 0.851. The highest BCUT2D eigenvalue weighted by Gasteiger charge is 2.50. The van der Waals surface area contributed by atoms with E-state index in [2.05, 4.69) is 60.7 Å². The number of hydrogen-bond donors (Lipinski definition) is 0. The van der Waals surface area contributed by atoms with Gasteiger partial charge in [0.2, 0.25) is 0 Å². The zero-order valence-electron chi connectivity index (χ0n) is 22.0. The van der Waals surface area contributed by atoms with Gasteiger partial charge < -0.3 is 18.1 Å². The average molecular weight is 563 g/mol. The summed E-state index contributed by atoms with van der Waals surface area (Å²) in [6.45, 7) is 7.57. The van der Waals surface area contributed by atoms with Crippen molar-refractivity contribution < 1.29 is 27.2 Å². The Hall–Kier alpha value is -1.61. The van der Waals surface area contributed by atoms with Crippen molar-refractivity contribution in [3.05, 3.63) is 90.5 Å². The quantitative estimate of drug-likeness (QED) is 0.189. The van der Waals surface area contributed by atoms with Crippen molar-refractivity contribution in [1.82, 2.24) is 0 Å². The van der Waals surface area contributed by atoms with Crippen LogP contribution in [-0.2, 0) is 33.6 Å². The van der Waals surface area contributed by atoms with Crippen LogP contribution in [0.15, 0.2) is 84.9 Å². The molecule has 0 unspecified atom stereocenters. The van der Waals surface area contributed by atoms with E-state index in [1.54, 1.807) is 27.7 Å². The Morgan fingerprint density at radius 1 is 0.568 bits per heavy atom. The van der Waals surface area contributed by atoms with E-state index in [-0.39, 0.29) is 32.8 Å². The van der Waals surface area contributed by atoms with Gasteiger partial charge in [0.1, 0.15) is 0 Å². The first-order valence-corrected chi connectivity index (χ1v) is 17.2. The van der Waals surface area contributed by atoms with Crippen LogP contribution in [0.3, 0.4) is 0 Å². The summed E-state index contributed by atoms with van der Waals surface area (Å²) >= 11 is 0. The molecule has 0 amide bonds. The van der Waals surface area contributed by atoms with Gasteiger partial charge in [-0.3, -0.25) is 9.13 Å². The Balaban J connectivity index is 2.00. The molecule has 37 heavy (non-hydrogen) atoms. The van der Waals surface area contributed by atoms with Crippen LogP contribution in [0.1, 0.15) is 33.3 Å². The number of rotatable bonds is 15. The molecular formula is C28H37O6P3. The molecule has 0 saturated heterocycles. The lowest BCUT2D eigenvalue weighted by Crippen LogP contribution is -2.22. The van der Waals surface area contributed by atoms with E-state index in [0.717, 1.165) is 5.56 Å². The van der Waals surface area contributed by atoms with E-state index < -0.39 is 28.5 Å². The predicted molar refractivity (Wildman–Crippen MR) is 154 cm³/mol. The van der Waals surface area contributed by atoms with Gasteiger partial charge in [0.15, 0.2) is 5.40 Å². The standard InChI is InChI=1S/C28H37O6P3/c1-5-31-36(29,32-6-2)28(37(30,33-7-3)34-8-4)23-24-19-21-27(22-20-24)35(25-15-11-9-12-16-25)26-17-13-10-14-18-26/h9-22,28H,5-8,23H2,1-4H3. The minimum absolute atomic E-state index is 0.156. The summed E-state index contributed by atoms with van der Waals surface area (Å²) in [7, 11) is -8.38. The molecule has 200 valence electrons. The highest BCUT2D eigenvalue weighted by atomic mass is 31.2. The minimum Gasteiger partial charge on any atom is -0.308 e. The molecule has 0 N–H and O–H groups in total. The van der Waals surface area contributed by atoms with E-state index in [1.807, 2.05) is 24.3 Å². The van der Waals surface area contributed by atoms with Crippen molar-refractivity contribution in [3.63, 3.8) is 0 Å². The molecule has 6 nitrogen and oxygen atoms in total. The molecule has 0 saturated carbocycles. The molecule has 3 aromatic carbocycles. The van der Waals surface area contributed by atoms with Gasteiger partial charge in [0.05, 0.1) is 26.4 Å². The molecule has 0 radical (unpaired) electrons. The molecule has 0 aliphatic carbocycles. The second kappa shape index (κ2) is 14.5. The van der Waals surface area contributed by atoms with Gasteiger partial charge >= 0.3 is 15.2 Å². The number of hydrogen-bond acceptors (Lipinski definition) is 6. The smallest absolute Gasteiger partial charge is 0.308 e. The normalized spacial score (nSPS) is 12.4. The Labute approximate surface area is 222 Å². The topological polar surface area (TPSA) is 71.1 Å². The molecular weight excluding hydrogens is 525 g/mol. The molecule has 0 heterocycles. The maximum atomic E-state index is 13.9. The zero-order valence-corrected chi connectivity index (χ0v) is 24.7. The van der Waals surface area contributed by atoms with Crippen LogP contribution in [0.25, 0.3) is 0 Å². The predicted octanol–water partition coefficient (Wildman–Crippen LogP) is 6.85. The summed E-state index contributed by atoms with van der Waals surface area (Å²) in [6, 6.07) is 29.1. The van der Waals surface area contributed by atoms with E-state index in [9.17, 15) is 9.13 Å². The van der Waals surface area contributed by atoms with Gasteiger partial charge in [0, 0.05) is 0 Å². The third-order valence-corrected chi connectivity index (χ3v) is 14.0. The van der Waals surface area contributed by atoms with Crippen molar-refractivity contribution in [2.24, 2.45) is 0 Å². The second-order valence-electron chi connectivity index (χ2n) is 8.11. The lowest BCUT2D eigenvalue weighted by molar-refractivity contribution is 0.195. The van der Waals surface area contributed by atoms with Crippen LogP contribution in [0.5, 0.6) is 0 Å². The van der Waals surface area contributed by atoms with Gasteiger partial charge in [0.25, 0.3) is 0 Å². The first-order chi connectivity index (χ1) is 17.9. The zero-order chi connectivity index (χ0) is 26.7. The van der Waals surface area contributed by atoms with Crippen LogP contribution in [0.4, 0.5) is 0 Å². The van der Waals surface area contributed by atoms with Crippen molar-refractivity contribution in [1.29, 1.82) is 0 Å². The molecule has 9 heteroatoms. The molecule has 3 rings (SSSR count). The third kappa shape index (κ3) is 7.71. The summed E-state index contributed by atoms with van der Waals surface area (Å²) in [6.07, 6.45) is 0.170. The van der Waals surface area contributed by atoms with Gasteiger partial charge in [-0.05, 0) is 63.5 Å². The molecule has 0 atom stereocenters. The summed E-state index contributed by atoms with van der Waals surface area (Å²) < 4.78 is 50.3. The average Bonchev–Trinajstić information content (AvgIpc) is 2.90. The van der Waals surface area contributed by atoms with Crippen molar-refractivity contribution >= 4 is 39.0 Å². The Kier molecular flexibility index (Phi) is 11.7. The molecule has 0 aromatic heterocycles. The maximum Gasteiger partial charge on any atom is 0.346 e. The Bertz CT molecular complexity index is 1080. The van der Waals surface area contributed by atoms with E-state index >= 15 is 0 Å². The van der Waals surface area contributed by atoms with Crippen LogP contribution in [0.2, 0.25) is 0 Å². The summed E-state index contributed by atoms with van der Waals surface area (Å²) in [5, 5.41) is 2.62. The lowest BCUT2D eigenvalue weighted by atomic mass is 10.2. The van der Waals surface area contributed by atoms with Crippen LogP contribution >= 0.6 is 23.1 Å². The third-order valence-electron chi connectivity index (χ3n) is 5.61. The highest BCUT2D eigenvalue weighted by molar-refractivity contribution is 7.79. The highest BCUT2D eigenvalue weighted by Crippen LogP contribution is 2.71. The van der Waals surface area contributed by atoms with E-state index in [1.165, 1.54) is 15.9 Å². The molecule has 0 bridgehead atoms. The van der Waals surface area contributed by atoms with Crippen molar-refractivity contribution in [2.75, 3.05) is 26.4 Å². The van der Waals surface area contributed by atoms with Crippen molar-refractivity contribution in [3.8, 4) is 0 Å². The Morgan fingerprint density at radius 3 is 1.27 bits per heavy atom. The molecule has 3 aromatic rings. The first kappa shape index (κ1) is 29.9. The SMILES string of the molecule is CCOP(=O)(OCC)C(Cc1ccc(P(c2ccccc2)c2ccccc2)cc1)P(=O)(OCC)OCC. The first-order valence-electron chi connectivity index (χ1n) is 12.7. The summed E-state index contributed by atoms with van der Waals surface area (Å²) in [5.74, 6) is 0. The van der Waals surface area contributed by atoms with Crippen LogP contribution in [0, 0.1) is 0 Å². The van der Waals surface area contributed by atoms with Crippen LogP contribution < -0.4 is 15.9 Å². The largest absolute Gasteiger partial charge is 0.346 e. The molecule has 0 fully saturated rings. The van der Waals surface area contributed by atoms with Gasteiger partial charge in [-0.15, -0.1) is 0 Å². The van der Waals surface area contributed by atoms with Gasteiger partial charge in [-0.1, -0.05) is 84.9 Å². The fourth-order valence-corrected chi connectivity index (χ4v) is 11.7. The monoisotopic (exact) mass is 562 g/mol. The fraction of sp³-hybridized carbons (Fsp3) is 0.357. The lowest BCUT2D eigenvalue weighted by Gasteiger charge is -2.31. The Morgan fingerprint density at radius 2 is 0.919 bits per heavy atom. The van der Waals surface area contributed by atoms with E-state index in [4.69, 9.17) is 18.1 Å². The van der Waals surface area contributed by atoms with Gasteiger partial charge in [-0.2, -0.15) is 0 Å². The molecule has 0 aliphatic rings. The minimum atomic E-state index is -3.81. The molecule has 0 spiro atoms. The van der Waals surface area contributed by atoms with E-state index in [0.29, 0.717) is 0 Å². The maximum absolute atomic E-state index is 13.9. The summed E-state index contributed by atoms with van der Waals surface area (Å²) in [4.78, 5) is 0. The fourth-order valence-electron chi connectivity index (χ4n) is 4.13. The van der Waals surface area contributed by atoms with Gasteiger partial charge in [-0.25, -0.2) is 0 Å². The molecule has 0 aliphatic heterocycles. The van der Waals surface area contributed by atoms with Crippen LogP contribution in [-0.4, -0.2) is 31.8 Å². The second-order valence-corrected chi connectivity index (χ2v) is 15.2. The van der Waals surface area contributed by atoms with Crippen molar-refractivity contribution in [2.45, 2.75) is 39.5 Å². The number of benzene rings is 3.